The third kappa shape index (κ3) is 5.25. The average molecular weight is 426 g/mol. The van der Waals surface area contributed by atoms with Crippen molar-refractivity contribution in [2.75, 3.05) is 17.3 Å². The van der Waals surface area contributed by atoms with Crippen LogP contribution in [0.4, 0.5) is 17.6 Å². The van der Waals surface area contributed by atoms with Crippen LogP contribution in [0.1, 0.15) is 18.1 Å². The van der Waals surface area contributed by atoms with Gasteiger partial charge in [-0.3, -0.25) is 0 Å². The average Bonchev–Trinajstić information content (AvgIpc) is 2.84. The van der Waals surface area contributed by atoms with E-state index in [1.165, 1.54) is 5.56 Å². The van der Waals surface area contributed by atoms with Crippen LogP contribution in [0.15, 0.2) is 79.1 Å². The summed E-state index contributed by atoms with van der Waals surface area (Å²) in [5.41, 5.74) is 10.2. The maximum Gasteiger partial charge on any atom is 0.224 e. The molecule has 4 rings (SSSR count). The van der Waals surface area contributed by atoms with Crippen LogP contribution in [0.2, 0.25) is 0 Å². The number of nitrogens with zero attached hydrogens (tertiary/aromatic N) is 5. The van der Waals surface area contributed by atoms with Gasteiger partial charge in [0.05, 0.1) is 6.20 Å². The molecule has 2 heterocycles. The van der Waals surface area contributed by atoms with Gasteiger partial charge in [-0.05, 0) is 42.2 Å². The zero-order chi connectivity index (χ0) is 22.3. The molecule has 0 amide bonds. The predicted octanol–water partition coefficient (Wildman–Crippen LogP) is 4.20. The molecule has 3 N–H and O–H groups in total. The smallest absolute Gasteiger partial charge is 0.224 e. The number of aromatic nitrogens is 4. The number of benzene rings is 2. The molecule has 0 aliphatic heterocycles. The Morgan fingerprint density at radius 2 is 1.75 bits per heavy atom. The molecule has 0 radical (unpaired) electrons. The highest BCUT2D eigenvalue weighted by atomic mass is 15.3. The topological polar surface area (TPSA) is 92.8 Å². The highest BCUT2D eigenvalue weighted by molar-refractivity contribution is 5.67. The molecule has 7 nitrogen and oxygen atoms in total. The van der Waals surface area contributed by atoms with Crippen molar-refractivity contribution < 1.29 is 0 Å². The van der Waals surface area contributed by atoms with Gasteiger partial charge in [0.1, 0.15) is 5.82 Å². The van der Waals surface area contributed by atoms with Crippen LogP contribution in [-0.4, -0.2) is 33.3 Å². The normalized spacial score (nSPS) is 11.7. The molecule has 0 saturated carbocycles. The van der Waals surface area contributed by atoms with Gasteiger partial charge >= 0.3 is 0 Å². The van der Waals surface area contributed by atoms with Gasteiger partial charge in [-0.25, -0.2) is 4.98 Å². The van der Waals surface area contributed by atoms with Crippen molar-refractivity contribution in [2.45, 2.75) is 25.9 Å². The molecule has 2 aromatic heterocycles. The number of hydrogen-bond donors (Lipinski definition) is 2. The maximum atomic E-state index is 5.76. The third-order valence-corrected chi connectivity index (χ3v) is 5.22. The molecular weight excluding hydrogens is 398 g/mol. The first-order valence-electron chi connectivity index (χ1n) is 10.6. The van der Waals surface area contributed by atoms with E-state index in [0.717, 1.165) is 28.9 Å². The predicted molar refractivity (Wildman–Crippen MR) is 129 cm³/mol. The Hall–Kier alpha value is -3.84. The van der Waals surface area contributed by atoms with Gasteiger partial charge in [-0.1, -0.05) is 54.6 Å². The molecule has 0 aliphatic rings. The lowest BCUT2D eigenvalue weighted by Gasteiger charge is -2.19. The Morgan fingerprint density at radius 1 is 0.938 bits per heavy atom. The minimum atomic E-state index is 0.157. The summed E-state index contributed by atoms with van der Waals surface area (Å²) in [7, 11) is 1.92. The SMILES string of the molecule is CC(Cc1cccc(CN)c1)Nc1nccc(N(C)c2cc(-c3ccccc3)cnn2)n1. The van der Waals surface area contributed by atoms with Crippen LogP contribution < -0.4 is 16.0 Å². The van der Waals surface area contributed by atoms with Gasteiger partial charge in [-0.2, -0.15) is 10.1 Å². The summed E-state index contributed by atoms with van der Waals surface area (Å²) in [4.78, 5) is 11.0. The van der Waals surface area contributed by atoms with Crippen molar-refractivity contribution in [3.63, 3.8) is 0 Å². The molecule has 4 aromatic rings. The second-order valence-corrected chi connectivity index (χ2v) is 7.74. The first-order chi connectivity index (χ1) is 15.6. The fraction of sp³-hybridized carbons (Fsp3) is 0.200. The maximum absolute atomic E-state index is 5.76. The lowest BCUT2D eigenvalue weighted by molar-refractivity contribution is 0.775. The molecular formula is C25H27N7. The standard InChI is InChI=1S/C25H27N7/c1-18(13-19-7-6-8-20(14-19)16-26)29-25-27-12-11-23(30-25)32(2)24-15-22(17-28-31-24)21-9-4-3-5-10-21/h3-12,14-15,17-18H,13,16,26H2,1-2H3,(H,27,29,30). The van der Waals surface area contributed by atoms with Crippen LogP contribution in [0.5, 0.6) is 0 Å². The third-order valence-electron chi connectivity index (χ3n) is 5.22. The van der Waals surface area contributed by atoms with E-state index in [0.29, 0.717) is 18.3 Å². The number of rotatable bonds is 8. The summed E-state index contributed by atoms with van der Waals surface area (Å²) in [6, 6.07) is 22.5. The molecule has 162 valence electrons. The van der Waals surface area contributed by atoms with Crippen LogP contribution in [-0.2, 0) is 13.0 Å². The van der Waals surface area contributed by atoms with E-state index in [4.69, 9.17) is 5.73 Å². The zero-order valence-electron chi connectivity index (χ0n) is 18.3. The Bertz CT molecular complexity index is 1160. The fourth-order valence-corrected chi connectivity index (χ4v) is 3.54. The summed E-state index contributed by atoms with van der Waals surface area (Å²) >= 11 is 0. The van der Waals surface area contributed by atoms with E-state index < -0.39 is 0 Å². The molecule has 0 bridgehead atoms. The number of anilines is 3. The van der Waals surface area contributed by atoms with Gasteiger partial charge in [0.2, 0.25) is 5.95 Å². The molecule has 1 unspecified atom stereocenters. The molecule has 32 heavy (non-hydrogen) atoms. The Morgan fingerprint density at radius 3 is 2.56 bits per heavy atom. The summed E-state index contributed by atoms with van der Waals surface area (Å²) in [5, 5.41) is 11.9. The Labute approximate surface area is 188 Å². The summed E-state index contributed by atoms with van der Waals surface area (Å²) in [5.74, 6) is 2.02. The molecule has 0 spiro atoms. The van der Waals surface area contributed by atoms with Crippen molar-refractivity contribution in [1.29, 1.82) is 0 Å². The Kier molecular flexibility index (Phi) is 6.67. The van der Waals surface area contributed by atoms with Gasteiger partial charge in [0, 0.05) is 31.4 Å². The lowest BCUT2D eigenvalue weighted by Crippen LogP contribution is -2.21. The van der Waals surface area contributed by atoms with Gasteiger partial charge in [0.15, 0.2) is 5.82 Å². The van der Waals surface area contributed by atoms with Crippen molar-refractivity contribution >= 4 is 17.6 Å². The van der Waals surface area contributed by atoms with Crippen molar-refractivity contribution in [3.05, 3.63) is 90.3 Å². The zero-order valence-corrected chi connectivity index (χ0v) is 18.3. The first-order valence-corrected chi connectivity index (χ1v) is 10.6. The Balaban J connectivity index is 1.47. The fourth-order valence-electron chi connectivity index (χ4n) is 3.54. The number of hydrogen-bond acceptors (Lipinski definition) is 7. The molecule has 1 atom stereocenters. The van der Waals surface area contributed by atoms with Crippen LogP contribution in [0, 0.1) is 0 Å². The van der Waals surface area contributed by atoms with E-state index in [-0.39, 0.29) is 6.04 Å². The van der Waals surface area contributed by atoms with E-state index in [1.807, 2.05) is 54.4 Å². The number of nitrogens with two attached hydrogens (primary N) is 1. The highest BCUT2D eigenvalue weighted by Gasteiger charge is 2.12. The van der Waals surface area contributed by atoms with E-state index in [2.05, 4.69) is 56.7 Å². The molecule has 0 fully saturated rings. The van der Waals surface area contributed by atoms with E-state index in [1.54, 1.807) is 12.4 Å². The molecule has 2 aromatic carbocycles. The second-order valence-electron chi connectivity index (χ2n) is 7.74. The van der Waals surface area contributed by atoms with Gasteiger partial charge in [-0.15, -0.1) is 5.10 Å². The lowest BCUT2D eigenvalue weighted by atomic mass is 10.0. The van der Waals surface area contributed by atoms with E-state index in [9.17, 15) is 0 Å². The minimum absolute atomic E-state index is 0.157. The van der Waals surface area contributed by atoms with Crippen LogP contribution in [0.3, 0.4) is 0 Å². The monoisotopic (exact) mass is 425 g/mol. The molecule has 7 heteroatoms. The largest absolute Gasteiger partial charge is 0.351 e. The molecule has 0 saturated heterocycles. The number of nitrogens with one attached hydrogen (secondary N) is 1. The first kappa shape index (κ1) is 21.4. The van der Waals surface area contributed by atoms with Crippen molar-refractivity contribution in [2.24, 2.45) is 5.73 Å². The molecule has 0 aliphatic carbocycles. The quantitative estimate of drug-likeness (QED) is 0.437. The van der Waals surface area contributed by atoms with Crippen LogP contribution in [0.25, 0.3) is 11.1 Å². The van der Waals surface area contributed by atoms with E-state index >= 15 is 0 Å². The van der Waals surface area contributed by atoms with Crippen molar-refractivity contribution in [3.8, 4) is 11.1 Å². The highest BCUT2D eigenvalue weighted by Crippen LogP contribution is 2.25. The van der Waals surface area contributed by atoms with Gasteiger partial charge < -0.3 is 16.0 Å². The summed E-state index contributed by atoms with van der Waals surface area (Å²) < 4.78 is 0. The van der Waals surface area contributed by atoms with Gasteiger partial charge in [0.25, 0.3) is 0 Å². The second kappa shape index (κ2) is 9.98. The summed E-state index contributed by atoms with van der Waals surface area (Å²) in [6.45, 7) is 2.66. The summed E-state index contributed by atoms with van der Waals surface area (Å²) in [6.07, 6.45) is 4.36. The van der Waals surface area contributed by atoms with Crippen molar-refractivity contribution in [1.82, 2.24) is 20.2 Å². The minimum Gasteiger partial charge on any atom is -0.351 e. The van der Waals surface area contributed by atoms with Crippen LogP contribution >= 0.6 is 0 Å².